The predicted molar refractivity (Wildman–Crippen MR) is 94.9 cm³/mol. The Kier molecular flexibility index (Phi) is 3.09. The van der Waals surface area contributed by atoms with Crippen LogP contribution in [0, 0.1) is 0 Å². The van der Waals surface area contributed by atoms with Crippen LogP contribution in [0.25, 0.3) is 0 Å². The number of rotatable bonds is 0. The molecule has 0 amide bonds. The first-order valence-electron chi connectivity index (χ1n) is 8.81. The third kappa shape index (κ3) is 1.75. The Morgan fingerprint density at radius 1 is 0.739 bits per heavy atom. The van der Waals surface area contributed by atoms with Crippen LogP contribution in [0.15, 0.2) is 22.7 Å². The third-order valence-electron chi connectivity index (χ3n) is 7.17. The molecular weight excluding hydrogens is 352 g/mol. The van der Waals surface area contributed by atoms with Gasteiger partial charge in [0.25, 0.3) is 0 Å². The molecule has 5 heteroatoms. The minimum Gasteiger partial charge on any atom is -0.280 e. The second kappa shape index (κ2) is 4.79. The molecule has 5 rings (SSSR count). The molecule has 0 saturated carbocycles. The van der Waals surface area contributed by atoms with Gasteiger partial charge >= 0.3 is 0 Å². The van der Waals surface area contributed by atoms with Gasteiger partial charge in [0, 0.05) is 56.8 Å². The molecule has 3 fully saturated rings. The highest BCUT2D eigenvalue weighted by Crippen LogP contribution is 2.49. The number of halogens is 1. The van der Waals surface area contributed by atoms with E-state index in [-0.39, 0.29) is 11.3 Å². The lowest BCUT2D eigenvalue weighted by molar-refractivity contribution is -0.238. The Morgan fingerprint density at radius 2 is 1.22 bits per heavy atom. The van der Waals surface area contributed by atoms with Gasteiger partial charge in [-0.2, -0.15) is 0 Å². The predicted octanol–water partition coefficient (Wildman–Crippen LogP) is 2.14. The van der Waals surface area contributed by atoms with Crippen molar-refractivity contribution in [3.8, 4) is 0 Å². The maximum atomic E-state index is 3.66. The molecule has 0 bridgehead atoms. The van der Waals surface area contributed by atoms with Crippen molar-refractivity contribution in [1.29, 1.82) is 0 Å². The Morgan fingerprint density at radius 3 is 1.83 bits per heavy atom. The fraction of sp³-hybridized carbons (Fsp3) is 0.667. The fourth-order valence-electron chi connectivity index (χ4n) is 5.63. The number of benzene rings is 1. The van der Waals surface area contributed by atoms with E-state index in [4.69, 9.17) is 0 Å². The van der Waals surface area contributed by atoms with Crippen LogP contribution in [0.3, 0.4) is 0 Å². The summed E-state index contributed by atoms with van der Waals surface area (Å²) < 4.78 is 1.20. The fourth-order valence-corrected chi connectivity index (χ4v) is 6.03. The van der Waals surface area contributed by atoms with Gasteiger partial charge in [-0.3, -0.25) is 19.6 Å². The van der Waals surface area contributed by atoms with Gasteiger partial charge in [-0.25, -0.2) is 0 Å². The highest BCUT2D eigenvalue weighted by atomic mass is 79.9. The lowest BCUT2D eigenvalue weighted by Crippen LogP contribution is -2.83. The highest BCUT2D eigenvalue weighted by Gasteiger charge is 2.65. The van der Waals surface area contributed by atoms with Crippen molar-refractivity contribution in [3.05, 3.63) is 33.8 Å². The van der Waals surface area contributed by atoms with Crippen molar-refractivity contribution in [1.82, 2.24) is 19.6 Å². The number of fused-ring (bicyclic) bond motifs is 1. The van der Waals surface area contributed by atoms with E-state index in [0.717, 1.165) is 13.1 Å². The average Bonchev–Trinajstić information content (AvgIpc) is 2.80. The van der Waals surface area contributed by atoms with Crippen molar-refractivity contribution in [3.63, 3.8) is 0 Å². The molecule has 4 aliphatic heterocycles. The number of hydrogen-bond donors (Lipinski definition) is 0. The molecule has 0 radical (unpaired) electrons. The quantitative estimate of drug-likeness (QED) is 0.687. The number of hydrogen-bond acceptors (Lipinski definition) is 4. The van der Waals surface area contributed by atoms with Crippen LogP contribution < -0.4 is 0 Å². The van der Waals surface area contributed by atoms with Crippen LogP contribution in [0.1, 0.15) is 25.0 Å². The first kappa shape index (κ1) is 14.8. The molecule has 0 N–H and O–H groups in total. The summed E-state index contributed by atoms with van der Waals surface area (Å²) in [7, 11) is 0. The molecule has 0 aromatic heterocycles. The molecule has 2 unspecified atom stereocenters. The summed E-state index contributed by atoms with van der Waals surface area (Å²) >= 11 is 3.66. The van der Waals surface area contributed by atoms with Crippen molar-refractivity contribution >= 4 is 15.9 Å². The van der Waals surface area contributed by atoms with Crippen LogP contribution in [-0.2, 0) is 13.1 Å². The first-order chi connectivity index (χ1) is 11.0. The van der Waals surface area contributed by atoms with Gasteiger partial charge in [0.15, 0.2) is 0 Å². The lowest BCUT2D eigenvalue weighted by atomic mass is 9.85. The third-order valence-corrected chi connectivity index (χ3v) is 7.66. The van der Waals surface area contributed by atoms with Crippen molar-refractivity contribution in [2.75, 3.05) is 39.3 Å². The van der Waals surface area contributed by atoms with E-state index in [0.29, 0.717) is 0 Å². The summed E-state index contributed by atoms with van der Waals surface area (Å²) in [6, 6.07) is 6.85. The molecule has 0 aliphatic carbocycles. The smallest absolute Gasteiger partial charge is 0.104 e. The Bertz CT molecular complexity index is 656. The van der Waals surface area contributed by atoms with E-state index in [9.17, 15) is 0 Å². The van der Waals surface area contributed by atoms with Gasteiger partial charge < -0.3 is 0 Å². The van der Waals surface area contributed by atoms with Gasteiger partial charge in [-0.05, 0) is 37.1 Å². The van der Waals surface area contributed by atoms with E-state index >= 15 is 0 Å². The van der Waals surface area contributed by atoms with E-state index in [1.807, 2.05) is 0 Å². The topological polar surface area (TPSA) is 13.0 Å². The second-order valence-electron chi connectivity index (χ2n) is 7.77. The summed E-state index contributed by atoms with van der Waals surface area (Å²) in [6.07, 6.45) is 0. The Balaban J connectivity index is 1.66. The molecule has 4 aliphatic rings. The van der Waals surface area contributed by atoms with Crippen molar-refractivity contribution in [2.45, 2.75) is 38.3 Å². The molecule has 2 atom stereocenters. The SMILES string of the molecule is CC12N3CCN1CCN1Cc4cc(Br)ccc4CN(CC3)C12C. The Hall–Kier alpha value is -0.460. The van der Waals surface area contributed by atoms with Crippen molar-refractivity contribution < 1.29 is 0 Å². The number of nitrogens with zero attached hydrogens (tertiary/aromatic N) is 4. The monoisotopic (exact) mass is 376 g/mol. The summed E-state index contributed by atoms with van der Waals surface area (Å²) in [6.45, 7) is 14.3. The zero-order valence-corrected chi connectivity index (χ0v) is 15.6. The van der Waals surface area contributed by atoms with Crippen LogP contribution in [0.4, 0.5) is 0 Å². The van der Waals surface area contributed by atoms with Crippen molar-refractivity contribution in [2.24, 2.45) is 0 Å². The van der Waals surface area contributed by atoms with Gasteiger partial charge in [-0.1, -0.05) is 22.0 Å². The first-order valence-corrected chi connectivity index (χ1v) is 9.60. The minimum absolute atomic E-state index is 0.0888. The largest absolute Gasteiger partial charge is 0.280 e. The molecular formula is C18H25BrN4. The molecule has 1 aromatic rings. The Labute approximate surface area is 147 Å². The maximum absolute atomic E-state index is 3.66. The highest BCUT2D eigenvalue weighted by molar-refractivity contribution is 9.10. The number of piperazine rings is 2. The van der Waals surface area contributed by atoms with E-state index in [2.05, 4.69) is 67.6 Å². The van der Waals surface area contributed by atoms with Crippen LogP contribution >= 0.6 is 15.9 Å². The summed E-state index contributed by atoms with van der Waals surface area (Å²) in [5, 5.41) is 0. The van der Waals surface area contributed by atoms with Gasteiger partial charge in [0.2, 0.25) is 0 Å². The zero-order valence-electron chi connectivity index (χ0n) is 14.1. The second-order valence-corrected chi connectivity index (χ2v) is 8.69. The van der Waals surface area contributed by atoms with Gasteiger partial charge in [0.05, 0.1) is 0 Å². The van der Waals surface area contributed by atoms with Gasteiger partial charge in [-0.15, -0.1) is 0 Å². The molecule has 124 valence electrons. The zero-order chi connectivity index (χ0) is 15.8. The summed E-state index contributed by atoms with van der Waals surface area (Å²) in [5.74, 6) is 0. The standard InChI is InChI=1S/C18H25BrN4/c1-17-18(2)22-9-7-20(17)5-6-21(17)8-10-23(18)13-15-11-16(19)4-3-14(15)12-22/h3-4,11H,5-10,12-13H2,1-2H3. The van der Waals surface area contributed by atoms with Crippen LogP contribution in [-0.4, -0.2) is 70.2 Å². The lowest BCUT2D eigenvalue weighted by Gasteiger charge is -2.66. The minimum atomic E-state index is 0.0888. The molecule has 23 heavy (non-hydrogen) atoms. The van der Waals surface area contributed by atoms with E-state index < -0.39 is 0 Å². The van der Waals surface area contributed by atoms with Crippen LogP contribution in [0.5, 0.6) is 0 Å². The normalized spacial score (nSPS) is 38.2. The van der Waals surface area contributed by atoms with E-state index in [1.165, 1.54) is 54.9 Å². The summed E-state index contributed by atoms with van der Waals surface area (Å²) in [4.78, 5) is 11.0. The molecule has 4 nitrogen and oxygen atoms in total. The van der Waals surface area contributed by atoms with E-state index in [1.54, 1.807) is 0 Å². The van der Waals surface area contributed by atoms with Crippen LogP contribution in [0.2, 0.25) is 0 Å². The maximum Gasteiger partial charge on any atom is 0.104 e. The molecule has 0 spiro atoms. The molecule has 4 heterocycles. The van der Waals surface area contributed by atoms with Gasteiger partial charge in [0.1, 0.15) is 11.3 Å². The average molecular weight is 377 g/mol. The molecule has 3 saturated heterocycles. The molecule has 1 aromatic carbocycles. The summed E-state index contributed by atoms with van der Waals surface area (Å²) in [5.41, 5.74) is 3.23.